The molecule has 0 aliphatic heterocycles. The van der Waals surface area contributed by atoms with Gasteiger partial charge in [-0.05, 0) is 35.9 Å². The molecule has 0 amide bonds. The highest BCUT2D eigenvalue weighted by Crippen LogP contribution is 2.24. The van der Waals surface area contributed by atoms with Gasteiger partial charge < -0.3 is 5.32 Å². The lowest BCUT2D eigenvalue weighted by Gasteiger charge is -2.20. The molecule has 0 bridgehead atoms. The van der Waals surface area contributed by atoms with Crippen LogP contribution in [0.5, 0.6) is 0 Å². The number of nitrogens with one attached hydrogen (secondary N) is 1. The summed E-state index contributed by atoms with van der Waals surface area (Å²) in [6.45, 7) is 9.92. The van der Waals surface area contributed by atoms with E-state index in [0.29, 0.717) is 0 Å². The van der Waals surface area contributed by atoms with Crippen molar-refractivity contribution in [2.24, 2.45) is 0 Å². The Labute approximate surface area is 132 Å². The molecular weight excluding hydrogens is 278 g/mol. The fraction of sp³-hybridized carbons (Fsp3) is 0.529. The van der Waals surface area contributed by atoms with Crippen LogP contribution in [0.15, 0.2) is 30.5 Å². The Bertz CT molecular complexity index is 526. The third-order valence-corrected chi connectivity index (χ3v) is 4.13. The molecular formula is C17H25N3S. The van der Waals surface area contributed by atoms with E-state index in [9.17, 15) is 0 Å². The van der Waals surface area contributed by atoms with Crippen LogP contribution >= 0.6 is 11.7 Å². The fourth-order valence-corrected chi connectivity index (χ4v) is 2.77. The van der Waals surface area contributed by atoms with Gasteiger partial charge in [-0.15, -0.1) is 0 Å². The van der Waals surface area contributed by atoms with Crippen molar-refractivity contribution < 1.29 is 0 Å². The average Bonchev–Trinajstić information content (AvgIpc) is 2.97. The minimum absolute atomic E-state index is 0.206. The zero-order valence-corrected chi connectivity index (χ0v) is 14.2. The number of aromatic nitrogens is 2. The number of rotatable bonds is 6. The number of nitrogens with zero attached hydrogens (tertiary/aromatic N) is 2. The maximum absolute atomic E-state index is 4.39. The van der Waals surface area contributed by atoms with E-state index in [1.165, 1.54) is 22.9 Å². The van der Waals surface area contributed by atoms with Gasteiger partial charge in [-0.3, -0.25) is 0 Å². The zero-order valence-electron chi connectivity index (χ0n) is 13.4. The molecule has 4 heteroatoms. The van der Waals surface area contributed by atoms with Gasteiger partial charge in [0, 0.05) is 0 Å². The van der Waals surface area contributed by atoms with Gasteiger partial charge in [0.2, 0.25) is 0 Å². The second kappa shape index (κ2) is 7.14. The maximum atomic E-state index is 4.39. The van der Waals surface area contributed by atoms with Gasteiger partial charge in [-0.25, -0.2) is 0 Å². The Morgan fingerprint density at radius 2 is 1.90 bits per heavy atom. The van der Waals surface area contributed by atoms with Crippen molar-refractivity contribution in [2.45, 2.75) is 52.0 Å². The zero-order chi connectivity index (χ0) is 15.3. The van der Waals surface area contributed by atoms with Gasteiger partial charge in [0.1, 0.15) is 0 Å². The van der Waals surface area contributed by atoms with Crippen molar-refractivity contribution in [1.82, 2.24) is 14.1 Å². The first-order valence-electron chi connectivity index (χ1n) is 7.61. The monoisotopic (exact) mass is 303 g/mol. The van der Waals surface area contributed by atoms with Crippen molar-refractivity contribution in [3.63, 3.8) is 0 Å². The predicted octanol–water partition coefficient (Wildman–Crippen LogP) is 4.12. The quantitative estimate of drug-likeness (QED) is 0.872. The van der Waals surface area contributed by atoms with Crippen molar-refractivity contribution in [1.29, 1.82) is 0 Å². The first-order valence-corrected chi connectivity index (χ1v) is 8.34. The molecule has 0 saturated carbocycles. The summed E-state index contributed by atoms with van der Waals surface area (Å²) in [5.41, 5.74) is 3.97. The van der Waals surface area contributed by atoms with Gasteiger partial charge in [0.15, 0.2) is 0 Å². The van der Waals surface area contributed by atoms with Crippen LogP contribution in [-0.2, 0) is 11.8 Å². The molecule has 1 heterocycles. The Morgan fingerprint density at radius 1 is 1.19 bits per heavy atom. The average molecular weight is 303 g/mol. The number of hydrogen-bond acceptors (Lipinski definition) is 4. The van der Waals surface area contributed by atoms with Gasteiger partial charge in [-0.2, -0.15) is 8.75 Å². The first kappa shape index (κ1) is 16.1. The van der Waals surface area contributed by atoms with E-state index in [-0.39, 0.29) is 11.5 Å². The normalized spacial score (nSPS) is 13.3. The van der Waals surface area contributed by atoms with Crippen LogP contribution in [0, 0.1) is 0 Å². The molecule has 3 nitrogen and oxygen atoms in total. The Kier molecular flexibility index (Phi) is 5.48. The number of benzene rings is 1. The highest BCUT2D eigenvalue weighted by atomic mass is 32.1. The SMILES string of the molecule is CCCNC(Cc1ccc(C(C)(C)C)cc1)c1cnsn1. The van der Waals surface area contributed by atoms with Gasteiger partial charge in [0.25, 0.3) is 0 Å². The Balaban J connectivity index is 2.09. The summed E-state index contributed by atoms with van der Waals surface area (Å²) in [5.74, 6) is 0. The molecule has 114 valence electrons. The molecule has 0 saturated heterocycles. The van der Waals surface area contributed by atoms with Crippen LogP contribution in [0.25, 0.3) is 0 Å². The predicted molar refractivity (Wildman–Crippen MR) is 89.8 cm³/mol. The van der Waals surface area contributed by atoms with Crippen LogP contribution in [0.3, 0.4) is 0 Å². The summed E-state index contributed by atoms with van der Waals surface area (Å²) in [7, 11) is 0. The molecule has 1 aromatic heterocycles. The largest absolute Gasteiger partial charge is 0.308 e. The van der Waals surface area contributed by atoms with Crippen LogP contribution in [0.2, 0.25) is 0 Å². The summed E-state index contributed by atoms with van der Waals surface area (Å²) in [4.78, 5) is 0. The van der Waals surface area contributed by atoms with Crippen LogP contribution in [0.1, 0.15) is 57.0 Å². The van der Waals surface area contributed by atoms with E-state index in [2.05, 4.69) is 66.0 Å². The van der Waals surface area contributed by atoms with Gasteiger partial charge in [-0.1, -0.05) is 52.0 Å². The van der Waals surface area contributed by atoms with E-state index < -0.39 is 0 Å². The van der Waals surface area contributed by atoms with Crippen LogP contribution < -0.4 is 5.32 Å². The van der Waals surface area contributed by atoms with Crippen LogP contribution in [0.4, 0.5) is 0 Å². The Hall–Kier alpha value is -1.26. The van der Waals surface area contributed by atoms with E-state index >= 15 is 0 Å². The molecule has 0 radical (unpaired) electrons. The summed E-state index contributed by atoms with van der Waals surface area (Å²) >= 11 is 1.28. The topological polar surface area (TPSA) is 37.8 Å². The second-order valence-electron chi connectivity index (χ2n) is 6.49. The lowest BCUT2D eigenvalue weighted by molar-refractivity contribution is 0.520. The number of hydrogen-bond donors (Lipinski definition) is 1. The highest BCUT2D eigenvalue weighted by molar-refractivity contribution is 6.99. The molecule has 0 fully saturated rings. The minimum Gasteiger partial charge on any atom is -0.308 e. The van der Waals surface area contributed by atoms with Gasteiger partial charge >= 0.3 is 0 Å². The van der Waals surface area contributed by atoms with Crippen LogP contribution in [-0.4, -0.2) is 15.3 Å². The fourth-order valence-electron chi connectivity index (χ4n) is 2.30. The minimum atomic E-state index is 0.206. The first-order chi connectivity index (χ1) is 10.0. The van der Waals surface area contributed by atoms with E-state index in [1.54, 1.807) is 0 Å². The second-order valence-corrected chi connectivity index (χ2v) is 7.05. The summed E-state index contributed by atoms with van der Waals surface area (Å²) in [6, 6.07) is 9.21. The Morgan fingerprint density at radius 3 is 2.43 bits per heavy atom. The third-order valence-electron chi connectivity index (χ3n) is 3.64. The lowest BCUT2D eigenvalue weighted by atomic mass is 9.86. The summed E-state index contributed by atoms with van der Waals surface area (Å²) < 4.78 is 8.52. The molecule has 0 spiro atoms. The molecule has 1 unspecified atom stereocenters. The molecule has 1 aromatic carbocycles. The van der Waals surface area contributed by atoms with Crippen molar-refractivity contribution in [3.8, 4) is 0 Å². The third kappa shape index (κ3) is 4.61. The van der Waals surface area contributed by atoms with Crippen molar-refractivity contribution in [2.75, 3.05) is 6.54 Å². The molecule has 1 N–H and O–H groups in total. The van der Waals surface area contributed by atoms with E-state index in [4.69, 9.17) is 0 Å². The standard InChI is InChI=1S/C17H25N3S/c1-5-10-18-15(16-12-19-21-20-16)11-13-6-8-14(9-7-13)17(2,3)4/h6-9,12,15,18H,5,10-11H2,1-4H3. The van der Waals surface area contributed by atoms with Crippen molar-refractivity contribution in [3.05, 3.63) is 47.3 Å². The summed E-state index contributed by atoms with van der Waals surface area (Å²) in [6.07, 6.45) is 3.95. The highest BCUT2D eigenvalue weighted by Gasteiger charge is 2.16. The van der Waals surface area contributed by atoms with Crippen molar-refractivity contribution >= 4 is 11.7 Å². The summed E-state index contributed by atoms with van der Waals surface area (Å²) in [5, 5.41) is 3.57. The molecule has 0 aliphatic rings. The molecule has 2 aromatic rings. The van der Waals surface area contributed by atoms with E-state index in [0.717, 1.165) is 25.1 Å². The van der Waals surface area contributed by atoms with E-state index in [1.807, 2.05) is 6.20 Å². The molecule has 21 heavy (non-hydrogen) atoms. The molecule has 0 aliphatic carbocycles. The van der Waals surface area contributed by atoms with Gasteiger partial charge in [0.05, 0.1) is 29.7 Å². The maximum Gasteiger partial charge on any atom is 0.0915 e. The molecule has 1 atom stereocenters. The molecule has 2 rings (SSSR count). The lowest BCUT2D eigenvalue weighted by Crippen LogP contribution is -2.24. The smallest absolute Gasteiger partial charge is 0.0915 e.